The number of aliphatic hydroxyl groups is 1. The van der Waals surface area contributed by atoms with E-state index in [1.165, 1.54) is 6.42 Å². The predicted octanol–water partition coefficient (Wildman–Crippen LogP) is 2.56. The largest absolute Gasteiger partial charge is 0.384 e. The van der Waals surface area contributed by atoms with E-state index >= 15 is 0 Å². The molecule has 1 saturated heterocycles. The lowest BCUT2D eigenvalue weighted by atomic mass is 10.1. The minimum absolute atomic E-state index is 0.0451. The Balaban J connectivity index is 2.13. The summed E-state index contributed by atoms with van der Waals surface area (Å²) in [5.41, 5.74) is 2.57. The van der Waals surface area contributed by atoms with Crippen LogP contribution in [0.15, 0.2) is 18.2 Å². The minimum Gasteiger partial charge on any atom is -0.384 e. The third-order valence-corrected chi connectivity index (χ3v) is 4.58. The van der Waals surface area contributed by atoms with Crippen LogP contribution in [0.25, 0.3) is 0 Å². The van der Waals surface area contributed by atoms with Gasteiger partial charge in [0, 0.05) is 5.56 Å². The summed E-state index contributed by atoms with van der Waals surface area (Å²) in [7, 11) is 0. The average molecular weight is 289 g/mol. The smallest absolute Gasteiger partial charge is 0.237 e. The van der Waals surface area contributed by atoms with Gasteiger partial charge in [-0.15, -0.1) is 11.8 Å². The molecule has 1 aliphatic rings. The molecule has 1 heterocycles. The lowest BCUT2D eigenvalue weighted by Crippen LogP contribution is -2.27. The molecule has 0 spiro atoms. The van der Waals surface area contributed by atoms with Gasteiger partial charge in [0.1, 0.15) is 6.61 Å². The van der Waals surface area contributed by atoms with Crippen LogP contribution in [0.5, 0.6) is 0 Å². The van der Waals surface area contributed by atoms with Crippen LogP contribution < -0.4 is 5.32 Å². The average Bonchev–Trinajstić information content (AvgIpc) is 2.48. The second kappa shape index (κ2) is 7.37. The fourth-order valence-electron chi connectivity index (χ4n) is 2.17. The zero-order valence-corrected chi connectivity index (χ0v) is 12.4. The van der Waals surface area contributed by atoms with Gasteiger partial charge in [-0.2, -0.15) is 0 Å². The summed E-state index contributed by atoms with van der Waals surface area (Å²) < 4.78 is 0. The Hall–Kier alpha value is -1.44. The molecule has 1 amide bonds. The van der Waals surface area contributed by atoms with E-state index in [4.69, 9.17) is 5.11 Å². The number of carbonyl (C=O) groups excluding carboxylic acids is 1. The third kappa shape index (κ3) is 4.03. The number of amides is 1. The first-order chi connectivity index (χ1) is 9.70. The van der Waals surface area contributed by atoms with E-state index < -0.39 is 0 Å². The van der Waals surface area contributed by atoms with E-state index in [1.54, 1.807) is 11.8 Å². The molecule has 0 bridgehead atoms. The second-order valence-corrected chi connectivity index (χ2v) is 6.16. The van der Waals surface area contributed by atoms with Gasteiger partial charge in [0.15, 0.2) is 0 Å². The molecule has 1 fully saturated rings. The highest BCUT2D eigenvalue weighted by Crippen LogP contribution is 2.27. The molecule has 0 aromatic heterocycles. The number of hydrogen-bond donors (Lipinski definition) is 2. The molecule has 1 atom stereocenters. The van der Waals surface area contributed by atoms with Gasteiger partial charge in [-0.3, -0.25) is 4.79 Å². The van der Waals surface area contributed by atoms with Crippen LogP contribution in [0, 0.1) is 18.8 Å². The van der Waals surface area contributed by atoms with Crippen molar-refractivity contribution in [3.63, 3.8) is 0 Å². The van der Waals surface area contributed by atoms with Crippen molar-refractivity contribution >= 4 is 23.4 Å². The van der Waals surface area contributed by atoms with Crippen LogP contribution in [0.4, 0.5) is 5.69 Å². The molecule has 1 unspecified atom stereocenters. The monoisotopic (exact) mass is 289 g/mol. The number of aryl methyl sites for hydroxylation is 1. The summed E-state index contributed by atoms with van der Waals surface area (Å²) in [6.07, 6.45) is 3.27. The van der Waals surface area contributed by atoms with E-state index in [0.29, 0.717) is 0 Å². The van der Waals surface area contributed by atoms with Crippen molar-refractivity contribution in [2.75, 3.05) is 17.7 Å². The maximum Gasteiger partial charge on any atom is 0.237 e. The van der Waals surface area contributed by atoms with Gasteiger partial charge < -0.3 is 10.4 Å². The molecule has 0 aliphatic carbocycles. The number of anilines is 1. The molecule has 0 saturated carbocycles. The Morgan fingerprint density at radius 1 is 1.50 bits per heavy atom. The number of nitrogens with one attached hydrogen (secondary N) is 1. The molecule has 20 heavy (non-hydrogen) atoms. The summed E-state index contributed by atoms with van der Waals surface area (Å²) >= 11 is 1.73. The second-order valence-electron chi connectivity index (χ2n) is 4.85. The zero-order chi connectivity index (χ0) is 14.4. The number of thioether (sulfide) groups is 1. The number of rotatable bonds is 2. The number of hydrogen-bond acceptors (Lipinski definition) is 3. The van der Waals surface area contributed by atoms with Crippen molar-refractivity contribution in [3.05, 3.63) is 29.3 Å². The Labute approximate surface area is 124 Å². The Kier molecular flexibility index (Phi) is 5.51. The molecule has 2 rings (SSSR count). The van der Waals surface area contributed by atoms with Crippen molar-refractivity contribution in [2.45, 2.75) is 31.4 Å². The van der Waals surface area contributed by atoms with Crippen LogP contribution in [0.3, 0.4) is 0 Å². The summed E-state index contributed by atoms with van der Waals surface area (Å²) in [4.78, 5) is 12.2. The van der Waals surface area contributed by atoms with Crippen LogP contribution in [-0.4, -0.2) is 28.6 Å². The van der Waals surface area contributed by atoms with E-state index in [2.05, 4.69) is 17.2 Å². The van der Waals surface area contributed by atoms with Gasteiger partial charge >= 0.3 is 0 Å². The van der Waals surface area contributed by atoms with Crippen molar-refractivity contribution in [3.8, 4) is 11.8 Å². The first-order valence-corrected chi connectivity index (χ1v) is 7.88. The molecule has 3 nitrogen and oxygen atoms in total. The molecular weight excluding hydrogens is 270 g/mol. The van der Waals surface area contributed by atoms with Crippen LogP contribution >= 0.6 is 11.8 Å². The minimum atomic E-state index is -0.181. The molecule has 1 aromatic carbocycles. The lowest BCUT2D eigenvalue weighted by molar-refractivity contribution is -0.115. The first kappa shape index (κ1) is 15.0. The molecule has 2 N–H and O–H groups in total. The van der Waals surface area contributed by atoms with E-state index in [1.807, 2.05) is 25.1 Å². The first-order valence-electron chi connectivity index (χ1n) is 6.83. The SMILES string of the molecule is Cc1ccc(NC(=O)C2CCCCS2)c(C#CCO)c1. The van der Waals surface area contributed by atoms with E-state index in [-0.39, 0.29) is 17.8 Å². The molecule has 106 valence electrons. The lowest BCUT2D eigenvalue weighted by Gasteiger charge is -2.20. The highest BCUT2D eigenvalue weighted by molar-refractivity contribution is 8.00. The zero-order valence-electron chi connectivity index (χ0n) is 11.6. The van der Waals surface area contributed by atoms with Crippen molar-refractivity contribution in [1.29, 1.82) is 0 Å². The van der Waals surface area contributed by atoms with Crippen molar-refractivity contribution < 1.29 is 9.90 Å². The molecular formula is C16H19NO2S. The molecule has 0 radical (unpaired) electrons. The Bertz CT molecular complexity index is 539. The quantitative estimate of drug-likeness (QED) is 0.823. The summed E-state index contributed by atoms with van der Waals surface area (Å²) in [5, 5.41) is 11.8. The van der Waals surface area contributed by atoms with Gasteiger partial charge in [0.2, 0.25) is 5.91 Å². The number of carbonyl (C=O) groups is 1. The summed E-state index contributed by atoms with van der Waals surface area (Å²) in [5.74, 6) is 6.64. The van der Waals surface area contributed by atoms with Gasteiger partial charge in [-0.25, -0.2) is 0 Å². The van der Waals surface area contributed by atoms with Crippen molar-refractivity contribution in [2.24, 2.45) is 0 Å². The van der Waals surface area contributed by atoms with Crippen LogP contribution in [-0.2, 0) is 4.79 Å². The highest BCUT2D eigenvalue weighted by Gasteiger charge is 2.22. The van der Waals surface area contributed by atoms with Gasteiger partial charge in [-0.1, -0.05) is 24.3 Å². The van der Waals surface area contributed by atoms with Crippen LogP contribution in [0.2, 0.25) is 0 Å². The third-order valence-electron chi connectivity index (χ3n) is 3.21. The van der Waals surface area contributed by atoms with Crippen molar-refractivity contribution in [1.82, 2.24) is 0 Å². The topological polar surface area (TPSA) is 49.3 Å². The predicted molar refractivity (Wildman–Crippen MR) is 83.9 cm³/mol. The highest BCUT2D eigenvalue weighted by atomic mass is 32.2. The van der Waals surface area contributed by atoms with E-state index in [0.717, 1.165) is 35.4 Å². The summed E-state index contributed by atoms with van der Waals surface area (Å²) in [6, 6.07) is 5.75. The Morgan fingerprint density at radius 3 is 3.05 bits per heavy atom. The molecule has 1 aliphatic heterocycles. The number of aliphatic hydroxyl groups excluding tert-OH is 1. The fraction of sp³-hybridized carbons (Fsp3) is 0.438. The maximum absolute atomic E-state index is 12.2. The normalized spacial score (nSPS) is 18.0. The van der Waals surface area contributed by atoms with E-state index in [9.17, 15) is 4.79 Å². The number of benzene rings is 1. The molecule has 4 heteroatoms. The van der Waals surface area contributed by atoms with Gasteiger partial charge in [0.25, 0.3) is 0 Å². The summed E-state index contributed by atoms with van der Waals surface area (Å²) in [6.45, 7) is 1.80. The molecule has 1 aromatic rings. The standard InChI is InChI=1S/C16H19NO2S/c1-12-7-8-14(13(11-12)5-4-9-18)17-16(19)15-6-2-3-10-20-15/h7-8,11,15,18H,2-3,6,9-10H2,1H3,(H,17,19). The Morgan fingerprint density at radius 2 is 2.35 bits per heavy atom. The van der Waals surface area contributed by atoms with Gasteiger partial charge in [0.05, 0.1) is 10.9 Å². The maximum atomic E-state index is 12.2. The van der Waals surface area contributed by atoms with Gasteiger partial charge in [-0.05, 0) is 43.2 Å². The van der Waals surface area contributed by atoms with Crippen LogP contribution in [0.1, 0.15) is 30.4 Å². The fourth-order valence-corrected chi connectivity index (χ4v) is 3.36.